The first-order chi connectivity index (χ1) is 8.97. The summed E-state index contributed by atoms with van der Waals surface area (Å²) >= 11 is 0. The second-order valence-corrected chi connectivity index (χ2v) is 4.33. The molecule has 0 bridgehead atoms. The molecule has 3 heteroatoms. The van der Waals surface area contributed by atoms with Gasteiger partial charge in [0.2, 0.25) is 0 Å². The summed E-state index contributed by atoms with van der Waals surface area (Å²) < 4.78 is 0. The van der Waals surface area contributed by atoms with Gasteiger partial charge in [0.25, 0.3) is 0 Å². The number of phenolic OH excluding ortho intramolecular Hbond substituents is 1. The van der Waals surface area contributed by atoms with Crippen LogP contribution in [-0.4, -0.2) is 44.7 Å². The van der Waals surface area contributed by atoms with Crippen LogP contribution < -0.4 is 5.32 Å². The van der Waals surface area contributed by atoms with E-state index in [0.29, 0.717) is 5.75 Å². The van der Waals surface area contributed by atoms with Crippen LogP contribution in [0.2, 0.25) is 0 Å². The zero-order chi connectivity index (χ0) is 15.1. The zero-order valence-corrected chi connectivity index (χ0v) is 12.7. The molecule has 19 heavy (non-hydrogen) atoms. The Morgan fingerprint density at radius 3 is 1.84 bits per heavy atom. The van der Waals surface area contributed by atoms with Crippen molar-refractivity contribution in [3.05, 3.63) is 55.1 Å². The molecule has 0 aliphatic carbocycles. The van der Waals surface area contributed by atoms with Gasteiger partial charge in [-0.2, -0.15) is 0 Å². The Labute approximate surface area is 118 Å². The number of benzene rings is 1. The summed E-state index contributed by atoms with van der Waals surface area (Å²) in [5, 5.41) is 12.0. The monoisotopic (exact) mass is 264 g/mol. The van der Waals surface area contributed by atoms with Crippen molar-refractivity contribution >= 4 is 0 Å². The molecule has 0 fully saturated rings. The SMILES string of the molecule is C=CC=C.CN(C)C.CNCCc1ccc(O)cc1. The average Bonchev–Trinajstić information content (AvgIpc) is 2.38. The van der Waals surface area contributed by atoms with Gasteiger partial charge in [0.05, 0.1) is 0 Å². The lowest BCUT2D eigenvalue weighted by molar-refractivity contribution is 0.475. The van der Waals surface area contributed by atoms with Crippen LogP contribution in [0.25, 0.3) is 0 Å². The van der Waals surface area contributed by atoms with Crippen LogP contribution in [0.1, 0.15) is 5.56 Å². The van der Waals surface area contributed by atoms with Gasteiger partial charge in [-0.3, -0.25) is 0 Å². The molecule has 0 aliphatic heterocycles. The molecule has 0 unspecified atom stereocenters. The maximum atomic E-state index is 8.97. The lowest BCUT2D eigenvalue weighted by Crippen LogP contribution is -2.09. The van der Waals surface area contributed by atoms with E-state index < -0.39 is 0 Å². The van der Waals surface area contributed by atoms with Crippen molar-refractivity contribution in [2.75, 3.05) is 34.7 Å². The fourth-order valence-corrected chi connectivity index (χ4v) is 0.932. The fraction of sp³-hybridized carbons (Fsp3) is 0.375. The zero-order valence-electron chi connectivity index (χ0n) is 12.7. The van der Waals surface area contributed by atoms with Crippen LogP contribution in [0.5, 0.6) is 5.75 Å². The molecule has 2 N–H and O–H groups in total. The molecular weight excluding hydrogens is 236 g/mol. The first-order valence-electron chi connectivity index (χ1n) is 6.24. The third-order valence-electron chi connectivity index (χ3n) is 1.77. The summed E-state index contributed by atoms with van der Waals surface area (Å²) in [5.41, 5.74) is 1.25. The molecule has 3 nitrogen and oxygen atoms in total. The minimum atomic E-state index is 0.332. The highest BCUT2D eigenvalue weighted by molar-refractivity contribution is 5.25. The second kappa shape index (κ2) is 14.5. The summed E-state index contributed by atoms with van der Waals surface area (Å²) in [6.07, 6.45) is 4.29. The quantitative estimate of drug-likeness (QED) is 0.821. The summed E-state index contributed by atoms with van der Waals surface area (Å²) in [5.74, 6) is 0.332. The fourth-order valence-electron chi connectivity index (χ4n) is 0.932. The molecule has 0 atom stereocenters. The Bertz CT molecular complexity index is 309. The Hall–Kier alpha value is -1.58. The number of allylic oxidation sites excluding steroid dienone is 2. The number of rotatable bonds is 4. The van der Waals surface area contributed by atoms with Gasteiger partial charge >= 0.3 is 0 Å². The van der Waals surface area contributed by atoms with Gasteiger partial charge in [0.15, 0.2) is 0 Å². The second-order valence-electron chi connectivity index (χ2n) is 4.33. The van der Waals surface area contributed by atoms with Gasteiger partial charge < -0.3 is 15.3 Å². The molecular formula is C16H28N2O. The Balaban J connectivity index is 0. The summed E-state index contributed by atoms with van der Waals surface area (Å²) in [6, 6.07) is 7.30. The van der Waals surface area contributed by atoms with E-state index in [2.05, 4.69) is 18.5 Å². The van der Waals surface area contributed by atoms with E-state index >= 15 is 0 Å². The third kappa shape index (κ3) is 19.0. The summed E-state index contributed by atoms with van der Waals surface area (Å²) in [7, 11) is 7.93. The van der Waals surface area contributed by atoms with Crippen LogP contribution in [0.15, 0.2) is 49.6 Å². The molecule has 0 aromatic heterocycles. The number of likely N-dealkylation sites (N-methyl/N-ethyl adjacent to an activating group) is 1. The van der Waals surface area contributed by atoms with Crippen molar-refractivity contribution < 1.29 is 5.11 Å². The molecule has 0 amide bonds. The molecule has 1 rings (SSSR count). The summed E-state index contributed by atoms with van der Waals surface area (Å²) in [6.45, 7) is 7.70. The smallest absolute Gasteiger partial charge is 0.115 e. The Morgan fingerprint density at radius 2 is 1.53 bits per heavy atom. The van der Waals surface area contributed by atoms with Crippen LogP contribution in [-0.2, 0) is 6.42 Å². The molecule has 0 aliphatic rings. The van der Waals surface area contributed by atoms with Crippen molar-refractivity contribution in [3.63, 3.8) is 0 Å². The Morgan fingerprint density at radius 1 is 1.11 bits per heavy atom. The van der Waals surface area contributed by atoms with E-state index in [1.807, 2.05) is 45.2 Å². The van der Waals surface area contributed by atoms with Crippen LogP contribution >= 0.6 is 0 Å². The number of hydrogen-bond acceptors (Lipinski definition) is 3. The van der Waals surface area contributed by atoms with Crippen LogP contribution in [0.4, 0.5) is 0 Å². The molecule has 1 aromatic carbocycles. The topological polar surface area (TPSA) is 35.5 Å². The maximum absolute atomic E-state index is 8.97. The van der Waals surface area contributed by atoms with E-state index in [1.165, 1.54) is 5.56 Å². The van der Waals surface area contributed by atoms with Gasteiger partial charge in [-0.05, 0) is 58.9 Å². The minimum absolute atomic E-state index is 0.332. The van der Waals surface area contributed by atoms with Crippen LogP contribution in [0, 0.1) is 0 Å². The number of hydrogen-bond donors (Lipinski definition) is 2. The van der Waals surface area contributed by atoms with Gasteiger partial charge in [-0.25, -0.2) is 0 Å². The molecule has 0 saturated heterocycles. The molecule has 0 radical (unpaired) electrons. The van der Waals surface area contributed by atoms with Gasteiger partial charge in [0.1, 0.15) is 5.75 Å². The molecule has 108 valence electrons. The highest BCUT2D eigenvalue weighted by atomic mass is 16.3. The van der Waals surface area contributed by atoms with E-state index in [-0.39, 0.29) is 0 Å². The number of nitrogens with zero attached hydrogens (tertiary/aromatic N) is 1. The predicted octanol–water partition coefficient (Wildman–Crippen LogP) is 2.69. The average molecular weight is 264 g/mol. The van der Waals surface area contributed by atoms with Crippen molar-refractivity contribution in [2.24, 2.45) is 0 Å². The number of aromatic hydroxyl groups is 1. The van der Waals surface area contributed by atoms with E-state index in [4.69, 9.17) is 5.11 Å². The van der Waals surface area contributed by atoms with Crippen molar-refractivity contribution in [2.45, 2.75) is 6.42 Å². The van der Waals surface area contributed by atoms with Crippen LogP contribution in [0.3, 0.4) is 0 Å². The van der Waals surface area contributed by atoms with E-state index in [1.54, 1.807) is 24.3 Å². The molecule has 0 heterocycles. The molecule has 0 saturated carbocycles. The standard InChI is InChI=1S/C9H13NO.C4H6.C3H9N/c1-10-7-6-8-2-4-9(11)5-3-8;1-3-4-2;1-4(2)3/h2-5,10-11H,6-7H2,1H3;3-4H,1-2H2;1-3H3. The summed E-state index contributed by atoms with van der Waals surface area (Å²) in [4.78, 5) is 2.00. The van der Waals surface area contributed by atoms with E-state index in [0.717, 1.165) is 13.0 Å². The minimum Gasteiger partial charge on any atom is -0.508 e. The lowest BCUT2D eigenvalue weighted by atomic mass is 10.1. The Kier molecular flexibility index (Phi) is 15.1. The third-order valence-corrected chi connectivity index (χ3v) is 1.77. The highest BCUT2D eigenvalue weighted by Crippen LogP contribution is 2.09. The number of phenols is 1. The lowest BCUT2D eigenvalue weighted by Gasteiger charge is -1.99. The predicted molar refractivity (Wildman–Crippen MR) is 85.7 cm³/mol. The maximum Gasteiger partial charge on any atom is 0.115 e. The highest BCUT2D eigenvalue weighted by Gasteiger charge is 1.90. The first kappa shape index (κ1) is 19.8. The van der Waals surface area contributed by atoms with Gasteiger partial charge in [-0.1, -0.05) is 37.4 Å². The van der Waals surface area contributed by atoms with E-state index in [9.17, 15) is 0 Å². The number of nitrogens with one attached hydrogen (secondary N) is 1. The van der Waals surface area contributed by atoms with Crippen molar-refractivity contribution in [3.8, 4) is 5.75 Å². The normalized spacial score (nSPS) is 8.68. The van der Waals surface area contributed by atoms with Gasteiger partial charge in [-0.15, -0.1) is 0 Å². The largest absolute Gasteiger partial charge is 0.508 e. The van der Waals surface area contributed by atoms with Crippen molar-refractivity contribution in [1.82, 2.24) is 10.2 Å². The molecule has 0 spiro atoms. The van der Waals surface area contributed by atoms with Gasteiger partial charge in [0, 0.05) is 0 Å². The molecule has 1 aromatic rings. The first-order valence-corrected chi connectivity index (χ1v) is 6.24. The van der Waals surface area contributed by atoms with Crippen molar-refractivity contribution in [1.29, 1.82) is 0 Å².